The number of benzene rings is 1. The number of ether oxygens (including phenoxy) is 2. The molecule has 0 aromatic heterocycles. The molecule has 1 aromatic rings. The minimum Gasteiger partial charge on any atom is -0.444 e. The molecule has 1 N–H and O–H groups in total. The fourth-order valence-electron chi connectivity index (χ4n) is 2.50. The van der Waals surface area contributed by atoms with Gasteiger partial charge in [0.15, 0.2) is 0 Å². The Hall–Kier alpha value is -2.08. The van der Waals surface area contributed by atoms with Crippen LogP contribution in [0.4, 0.5) is 4.79 Å². The summed E-state index contributed by atoms with van der Waals surface area (Å²) in [6.07, 6.45) is -0.324. The first-order valence-corrected chi connectivity index (χ1v) is 8.25. The van der Waals surface area contributed by atoms with E-state index in [0.717, 1.165) is 5.56 Å². The smallest absolute Gasteiger partial charge is 0.408 e. The molecule has 1 aliphatic rings. The third-order valence-corrected chi connectivity index (χ3v) is 3.64. The van der Waals surface area contributed by atoms with Crippen LogP contribution in [0, 0.1) is 0 Å². The van der Waals surface area contributed by atoms with E-state index in [2.05, 4.69) is 5.32 Å². The third-order valence-electron chi connectivity index (χ3n) is 3.64. The molecule has 2 amide bonds. The van der Waals surface area contributed by atoms with Crippen LogP contribution in [0.2, 0.25) is 0 Å². The predicted octanol–water partition coefficient (Wildman–Crippen LogP) is 2.50. The lowest BCUT2D eigenvalue weighted by Gasteiger charge is -2.29. The van der Waals surface area contributed by atoms with Gasteiger partial charge in [0.05, 0.1) is 25.7 Å². The average molecular weight is 334 g/mol. The Morgan fingerprint density at radius 3 is 2.42 bits per heavy atom. The lowest BCUT2D eigenvalue weighted by atomic mass is 10.0. The lowest BCUT2D eigenvalue weighted by Crippen LogP contribution is -2.43. The number of hydrogen-bond donors (Lipinski definition) is 1. The van der Waals surface area contributed by atoms with Crippen molar-refractivity contribution in [2.45, 2.75) is 38.8 Å². The van der Waals surface area contributed by atoms with Crippen molar-refractivity contribution in [1.82, 2.24) is 10.2 Å². The van der Waals surface area contributed by atoms with Crippen molar-refractivity contribution in [3.05, 3.63) is 35.9 Å². The molecule has 1 aliphatic heterocycles. The quantitative estimate of drug-likeness (QED) is 0.919. The normalized spacial score (nSPS) is 16.4. The highest BCUT2D eigenvalue weighted by molar-refractivity contribution is 5.78. The number of amides is 2. The summed E-state index contributed by atoms with van der Waals surface area (Å²) in [5.41, 5.74) is 0.296. The second-order valence-electron chi connectivity index (χ2n) is 6.81. The molecule has 0 spiro atoms. The van der Waals surface area contributed by atoms with Crippen LogP contribution in [0.5, 0.6) is 0 Å². The Morgan fingerprint density at radius 2 is 1.83 bits per heavy atom. The van der Waals surface area contributed by atoms with E-state index < -0.39 is 17.7 Å². The van der Waals surface area contributed by atoms with Crippen molar-refractivity contribution in [2.24, 2.45) is 0 Å². The van der Waals surface area contributed by atoms with Gasteiger partial charge in [0.1, 0.15) is 5.60 Å². The van der Waals surface area contributed by atoms with Crippen LogP contribution in [0.3, 0.4) is 0 Å². The van der Waals surface area contributed by atoms with Gasteiger partial charge in [-0.15, -0.1) is 0 Å². The summed E-state index contributed by atoms with van der Waals surface area (Å²) in [7, 11) is 0. The second-order valence-corrected chi connectivity index (χ2v) is 6.81. The highest BCUT2D eigenvalue weighted by atomic mass is 16.6. The van der Waals surface area contributed by atoms with Crippen molar-refractivity contribution in [3.63, 3.8) is 0 Å². The zero-order valence-corrected chi connectivity index (χ0v) is 14.6. The zero-order chi connectivity index (χ0) is 17.6. The van der Waals surface area contributed by atoms with Crippen molar-refractivity contribution in [2.75, 3.05) is 26.3 Å². The largest absolute Gasteiger partial charge is 0.444 e. The molecule has 1 fully saturated rings. The Bertz CT molecular complexity index is 548. The number of alkyl carbamates (subject to hydrolysis) is 1. The number of carbonyl (C=O) groups is 2. The number of rotatable bonds is 4. The van der Waals surface area contributed by atoms with Gasteiger partial charge in [-0.3, -0.25) is 4.79 Å². The summed E-state index contributed by atoms with van der Waals surface area (Å²) >= 11 is 0. The SMILES string of the molecule is CC(C)(C)OC(=O)NC(CC(=O)N1CCOCC1)c1ccccc1. The molecule has 6 heteroatoms. The predicted molar refractivity (Wildman–Crippen MR) is 90.6 cm³/mol. The molecule has 0 bridgehead atoms. The molecule has 0 radical (unpaired) electrons. The Morgan fingerprint density at radius 1 is 1.21 bits per heavy atom. The van der Waals surface area contributed by atoms with E-state index in [-0.39, 0.29) is 12.3 Å². The minimum atomic E-state index is -0.584. The molecular weight excluding hydrogens is 308 g/mol. The van der Waals surface area contributed by atoms with Crippen LogP contribution < -0.4 is 5.32 Å². The summed E-state index contributed by atoms with van der Waals surface area (Å²) in [5, 5.41) is 2.82. The van der Waals surface area contributed by atoms with E-state index in [1.54, 1.807) is 4.90 Å². The van der Waals surface area contributed by atoms with Crippen LogP contribution in [-0.4, -0.2) is 48.8 Å². The van der Waals surface area contributed by atoms with E-state index >= 15 is 0 Å². The number of nitrogens with one attached hydrogen (secondary N) is 1. The summed E-state index contributed by atoms with van der Waals surface area (Å²) in [6, 6.07) is 9.05. The second kappa shape index (κ2) is 8.15. The highest BCUT2D eigenvalue weighted by Crippen LogP contribution is 2.19. The van der Waals surface area contributed by atoms with Crippen molar-refractivity contribution < 1.29 is 19.1 Å². The van der Waals surface area contributed by atoms with Gasteiger partial charge in [-0.05, 0) is 26.3 Å². The maximum absolute atomic E-state index is 12.5. The first kappa shape index (κ1) is 18.3. The summed E-state index contributed by atoms with van der Waals surface area (Å²) in [4.78, 5) is 26.4. The molecule has 24 heavy (non-hydrogen) atoms. The Labute approximate surface area is 143 Å². The number of nitrogens with zero attached hydrogens (tertiary/aromatic N) is 1. The fourth-order valence-corrected chi connectivity index (χ4v) is 2.50. The van der Waals surface area contributed by atoms with E-state index in [4.69, 9.17) is 9.47 Å². The van der Waals surface area contributed by atoms with E-state index in [9.17, 15) is 9.59 Å². The van der Waals surface area contributed by atoms with Crippen LogP contribution in [0.25, 0.3) is 0 Å². The molecule has 6 nitrogen and oxygen atoms in total. The molecule has 0 saturated carbocycles. The topological polar surface area (TPSA) is 67.9 Å². The zero-order valence-electron chi connectivity index (χ0n) is 14.6. The molecule has 132 valence electrons. The molecule has 1 aromatic carbocycles. The summed E-state index contributed by atoms with van der Waals surface area (Å²) < 4.78 is 10.6. The van der Waals surface area contributed by atoms with E-state index in [1.807, 2.05) is 51.1 Å². The molecule has 1 heterocycles. The fraction of sp³-hybridized carbons (Fsp3) is 0.556. The molecule has 1 atom stereocenters. The maximum Gasteiger partial charge on any atom is 0.408 e. The standard InChI is InChI=1S/C18H26N2O4/c1-18(2,3)24-17(22)19-15(14-7-5-4-6-8-14)13-16(21)20-9-11-23-12-10-20/h4-8,15H,9-13H2,1-3H3,(H,19,22). The van der Waals surface area contributed by atoms with Gasteiger partial charge in [0.2, 0.25) is 5.91 Å². The van der Waals surface area contributed by atoms with Gasteiger partial charge >= 0.3 is 6.09 Å². The average Bonchev–Trinajstić information content (AvgIpc) is 2.54. The van der Waals surface area contributed by atoms with Gasteiger partial charge in [0, 0.05) is 13.1 Å². The molecule has 2 rings (SSSR count). The van der Waals surface area contributed by atoms with Crippen LogP contribution in [0.1, 0.15) is 38.8 Å². The van der Waals surface area contributed by atoms with Gasteiger partial charge in [-0.25, -0.2) is 4.79 Å². The van der Waals surface area contributed by atoms with Crippen LogP contribution in [0.15, 0.2) is 30.3 Å². The van der Waals surface area contributed by atoms with Gasteiger partial charge in [-0.2, -0.15) is 0 Å². The minimum absolute atomic E-state index is 0.00297. The molecule has 1 unspecified atom stereocenters. The molecular formula is C18H26N2O4. The maximum atomic E-state index is 12.5. The number of morpholine rings is 1. The first-order valence-electron chi connectivity index (χ1n) is 8.25. The van der Waals surface area contributed by atoms with Gasteiger partial charge in [0.25, 0.3) is 0 Å². The highest BCUT2D eigenvalue weighted by Gasteiger charge is 2.25. The van der Waals surface area contributed by atoms with Gasteiger partial charge in [-0.1, -0.05) is 30.3 Å². The first-order chi connectivity index (χ1) is 11.3. The number of carbonyl (C=O) groups excluding carboxylic acids is 2. The van der Waals surface area contributed by atoms with Gasteiger partial charge < -0.3 is 19.7 Å². The van der Waals surface area contributed by atoms with E-state index in [1.165, 1.54) is 0 Å². The molecule has 1 saturated heterocycles. The monoisotopic (exact) mass is 334 g/mol. The van der Waals surface area contributed by atoms with Crippen molar-refractivity contribution >= 4 is 12.0 Å². The Kier molecular flexibility index (Phi) is 6.20. The number of hydrogen-bond acceptors (Lipinski definition) is 4. The summed E-state index contributed by atoms with van der Waals surface area (Å²) in [5.74, 6) is 0.00297. The van der Waals surface area contributed by atoms with Crippen molar-refractivity contribution in [3.8, 4) is 0 Å². The van der Waals surface area contributed by atoms with E-state index in [0.29, 0.717) is 26.3 Å². The van der Waals surface area contributed by atoms with Crippen LogP contribution >= 0.6 is 0 Å². The molecule has 0 aliphatic carbocycles. The summed E-state index contributed by atoms with van der Waals surface area (Å²) in [6.45, 7) is 7.72. The van der Waals surface area contributed by atoms with Crippen molar-refractivity contribution in [1.29, 1.82) is 0 Å². The van der Waals surface area contributed by atoms with Crippen LogP contribution in [-0.2, 0) is 14.3 Å². The lowest BCUT2D eigenvalue weighted by molar-refractivity contribution is -0.135. The Balaban J connectivity index is 2.05. The third kappa shape index (κ3) is 5.85.